The van der Waals surface area contributed by atoms with E-state index in [1.54, 1.807) is 18.4 Å². The number of carbonyl (C=O) groups excluding carboxylic acids is 1. The number of amides is 1. The molecule has 164 valence electrons. The summed E-state index contributed by atoms with van der Waals surface area (Å²) in [5, 5.41) is 12.8. The van der Waals surface area contributed by atoms with Crippen molar-refractivity contribution in [1.82, 2.24) is 10.3 Å². The van der Waals surface area contributed by atoms with Gasteiger partial charge in [0, 0.05) is 19.0 Å². The Hall–Kier alpha value is -3.53. The molecule has 0 bridgehead atoms. The number of nitrogens with one attached hydrogen (secondary N) is 1. The highest BCUT2D eigenvalue weighted by Crippen LogP contribution is 2.47. The number of furan rings is 1. The molecule has 3 atom stereocenters. The van der Waals surface area contributed by atoms with Crippen LogP contribution in [0, 0.1) is 29.1 Å². The van der Waals surface area contributed by atoms with Gasteiger partial charge in [0.1, 0.15) is 6.07 Å². The van der Waals surface area contributed by atoms with Gasteiger partial charge in [-0.05, 0) is 48.8 Å². The van der Waals surface area contributed by atoms with Crippen LogP contribution in [0.15, 0.2) is 57.6 Å². The minimum absolute atomic E-state index is 0.0514. The molecule has 1 N–H and O–H groups in total. The third-order valence-corrected chi connectivity index (χ3v) is 6.66. The van der Waals surface area contributed by atoms with Crippen molar-refractivity contribution in [3.8, 4) is 17.7 Å². The Morgan fingerprint density at radius 3 is 2.59 bits per heavy atom. The molecule has 7 nitrogen and oxygen atoms in total. The first-order valence-corrected chi connectivity index (χ1v) is 11.2. The molecule has 0 spiro atoms. The molecule has 3 unspecified atom stereocenters. The Balaban J connectivity index is 1.24. The fourth-order valence-electron chi connectivity index (χ4n) is 4.63. The monoisotopic (exact) mass is 430 g/mol. The van der Waals surface area contributed by atoms with Gasteiger partial charge in [-0.25, -0.2) is 0 Å². The molecule has 3 aromatic rings. The average molecular weight is 431 g/mol. The largest absolute Gasteiger partial charge is 0.459 e. The van der Waals surface area contributed by atoms with Crippen LogP contribution in [-0.4, -0.2) is 24.0 Å². The lowest BCUT2D eigenvalue weighted by atomic mass is 9.94. The number of oxazole rings is 1. The summed E-state index contributed by atoms with van der Waals surface area (Å²) in [5.41, 5.74) is 1.42. The van der Waals surface area contributed by atoms with Gasteiger partial charge in [0.05, 0.1) is 12.3 Å². The quantitative estimate of drug-likeness (QED) is 0.617. The Bertz CT molecular complexity index is 1110. The molecule has 0 radical (unpaired) electrons. The zero-order valence-electron chi connectivity index (χ0n) is 18.0. The highest BCUT2D eigenvalue weighted by molar-refractivity contribution is 5.79. The van der Waals surface area contributed by atoms with Crippen molar-refractivity contribution >= 4 is 11.8 Å². The van der Waals surface area contributed by atoms with Gasteiger partial charge in [-0.3, -0.25) is 4.79 Å². The molecule has 1 amide bonds. The third-order valence-electron chi connectivity index (χ3n) is 6.66. The molecule has 1 aliphatic carbocycles. The lowest BCUT2D eigenvalue weighted by Crippen LogP contribution is -2.42. The van der Waals surface area contributed by atoms with Crippen LogP contribution in [0.1, 0.15) is 43.5 Å². The number of nitrogens with zero attached hydrogens (tertiary/aromatic N) is 3. The van der Waals surface area contributed by atoms with Crippen LogP contribution in [0.4, 0.5) is 5.88 Å². The Morgan fingerprint density at radius 1 is 1.22 bits per heavy atom. The maximum absolute atomic E-state index is 13.1. The Morgan fingerprint density at radius 2 is 1.97 bits per heavy atom. The smallest absolute Gasteiger partial charge is 0.266 e. The minimum atomic E-state index is -0.0514. The van der Waals surface area contributed by atoms with Crippen molar-refractivity contribution in [3.63, 3.8) is 0 Å². The topological polar surface area (TPSA) is 95.3 Å². The summed E-state index contributed by atoms with van der Waals surface area (Å²) in [6, 6.07) is 15.9. The lowest BCUT2D eigenvalue weighted by Gasteiger charge is -2.32. The molecule has 1 aliphatic heterocycles. The van der Waals surface area contributed by atoms with Crippen LogP contribution in [0.2, 0.25) is 0 Å². The van der Waals surface area contributed by atoms with Crippen molar-refractivity contribution in [1.29, 1.82) is 5.26 Å². The number of hydrogen-bond donors (Lipinski definition) is 1. The molecule has 7 heteroatoms. The molecular weight excluding hydrogens is 404 g/mol. The standard InChI is InChI=1S/C25H26N4O3/c1-16-14-19(16)22(17-6-3-2-4-7-17)28-23(30)18-9-11-29(12-10-18)25-20(15-26)27-24(32-25)21-8-5-13-31-21/h2-8,13,16,18-19,22H,9-12,14H2,1H3,(H,28,30). The number of benzene rings is 1. The van der Waals surface area contributed by atoms with E-state index in [9.17, 15) is 10.1 Å². The van der Waals surface area contributed by atoms with Crippen molar-refractivity contribution in [2.75, 3.05) is 18.0 Å². The number of rotatable bonds is 6. The molecule has 32 heavy (non-hydrogen) atoms. The van der Waals surface area contributed by atoms with E-state index in [4.69, 9.17) is 8.83 Å². The number of piperidine rings is 1. The Labute approximate surface area is 187 Å². The van der Waals surface area contributed by atoms with Crippen LogP contribution in [0.3, 0.4) is 0 Å². The van der Waals surface area contributed by atoms with Crippen molar-refractivity contribution < 1.29 is 13.6 Å². The van der Waals surface area contributed by atoms with Gasteiger partial charge < -0.3 is 19.1 Å². The minimum Gasteiger partial charge on any atom is -0.459 e. The molecule has 1 saturated carbocycles. The zero-order valence-corrected chi connectivity index (χ0v) is 18.0. The fraction of sp³-hybridized carbons (Fsp3) is 0.400. The predicted molar refractivity (Wildman–Crippen MR) is 118 cm³/mol. The second-order valence-electron chi connectivity index (χ2n) is 8.80. The summed E-state index contributed by atoms with van der Waals surface area (Å²) >= 11 is 0. The van der Waals surface area contributed by atoms with Crippen molar-refractivity contribution in [2.24, 2.45) is 17.8 Å². The fourth-order valence-corrected chi connectivity index (χ4v) is 4.63. The van der Waals surface area contributed by atoms with E-state index in [0.29, 0.717) is 55.3 Å². The maximum atomic E-state index is 13.1. The average Bonchev–Trinajstić information content (AvgIpc) is 3.23. The number of hydrogen-bond acceptors (Lipinski definition) is 6. The second kappa shape index (κ2) is 8.54. The number of anilines is 1. The van der Waals surface area contributed by atoms with E-state index in [0.717, 1.165) is 6.42 Å². The van der Waals surface area contributed by atoms with Gasteiger partial charge in [0.15, 0.2) is 5.76 Å². The molecule has 2 aliphatic rings. The summed E-state index contributed by atoms with van der Waals surface area (Å²) in [6.45, 7) is 3.51. The summed E-state index contributed by atoms with van der Waals surface area (Å²) in [5.74, 6) is 2.45. The molecule has 1 aromatic carbocycles. The molecule has 1 saturated heterocycles. The van der Waals surface area contributed by atoms with Crippen molar-refractivity contribution in [3.05, 3.63) is 60.0 Å². The van der Waals surface area contributed by atoms with E-state index in [2.05, 4.69) is 35.4 Å². The number of nitriles is 1. The Kier molecular flexibility index (Phi) is 5.44. The first kappa shape index (κ1) is 20.4. The number of aromatic nitrogens is 1. The van der Waals surface area contributed by atoms with E-state index < -0.39 is 0 Å². The highest BCUT2D eigenvalue weighted by atomic mass is 16.4. The molecular formula is C25H26N4O3. The normalized spacial score (nSPS) is 21.7. The second-order valence-corrected chi connectivity index (χ2v) is 8.80. The van der Waals surface area contributed by atoms with E-state index in [1.165, 1.54) is 5.56 Å². The SMILES string of the molecule is CC1CC1C(NC(=O)C1CCN(c2oc(-c3ccco3)nc2C#N)CC1)c1ccccc1. The predicted octanol–water partition coefficient (Wildman–Crippen LogP) is 4.54. The summed E-state index contributed by atoms with van der Waals surface area (Å²) in [4.78, 5) is 19.4. The van der Waals surface area contributed by atoms with Gasteiger partial charge in [0.25, 0.3) is 5.89 Å². The van der Waals surface area contributed by atoms with Crippen molar-refractivity contribution in [2.45, 2.75) is 32.2 Å². The van der Waals surface area contributed by atoms with Gasteiger partial charge >= 0.3 is 0 Å². The molecule has 2 aromatic heterocycles. The van der Waals surface area contributed by atoms with Crippen LogP contribution in [-0.2, 0) is 4.79 Å². The molecule has 5 rings (SSSR count). The van der Waals surface area contributed by atoms with Gasteiger partial charge in [0.2, 0.25) is 17.5 Å². The van der Waals surface area contributed by atoms with Crippen LogP contribution < -0.4 is 10.2 Å². The maximum Gasteiger partial charge on any atom is 0.266 e. The van der Waals surface area contributed by atoms with E-state index in [1.807, 2.05) is 23.1 Å². The third kappa shape index (κ3) is 4.01. The summed E-state index contributed by atoms with van der Waals surface area (Å²) < 4.78 is 11.2. The first-order valence-electron chi connectivity index (χ1n) is 11.2. The van der Waals surface area contributed by atoms with E-state index in [-0.39, 0.29) is 23.6 Å². The van der Waals surface area contributed by atoms with Gasteiger partial charge in [-0.1, -0.05) is 37.3 Å². The number of carbonyl (C=O) groups is 1. The van der Waals surface area contributed by atoms with Gasteiger partial charge in [-0.15, -0.1) is 0 Å². The van der Waals surface area contributed by atoms with Gasteiger partial charge in [-0.2, -0.15) is 10.2 Å². The zero-order chi connectivity index (χ0) is 22.1. The molecule has 2 fully saturated rings. The summed E-state index contributed by atoms with van der Waals surface area (Å²) in [7, 11) is 0. The van der Waals surface area contributed by atoms with Crippen LogP contribution in [0.25, 0.3) is 11.7 Å². The van der Waals surface area contributed by atoms with E-state index >= 15 is 0 Å². The molecule has 3 heterocycles. The first-order chi connectivity index (χ1) is 15.6. The van der Waals surface area contributed by atoms with Crippen LogP contribution in [0.5, 0.6) is 0 Å². The highest BCUT2D eigenvalue weighted by Gasteiger charge is 2.41. The van der Waals surface area contributed by atoms with Crippen LogP contribution >= 0.6 is 0 Å². The summed E-state index contributed by atoms with van der Waals surface area (Å²) in [6.07, 6.45) is 4.10. The lowest BCUT2D eigenvalue weighted by molar-refractivity contribution is -0.126.